The zero-order chi connectivity index (χ0) is 14.0. The molecule has 3 heterocycles. The standard InChI is InChI=1S/C16H25NOS2/c1-12(2)15(14-4-3-8-20-14)17-13-5-7-18-16(10-13)6-9-19-11-16/h3-4,8,12-13,15,17H,5-7,9-11H2,1-2H3. The average Bonchev–Trinajstić information content (AvgIpc) is 3.08. The van der Waals surface area contributed by atoms with E-state index in [4.69, 9.17) is 4.74 Å². The molecule has 1 spiro atoms. The molecule has 0 radical (unpaired) electrons. The summed E-state index contributed by atoms with van der Waals surface area (Å²) in [6.45, 7) is 5.56. The van der Waals surface area contributed by atoms with Crippen LogP contribution in [0.2, 0.25) is 0 Å². The second-order valence-electron chi connectivity index (χ2n) is 6.43. The van der Waals surface area contributed by atoms with Crippen molar-refractivity contribution in [2.24, 2.45) is 5.92 Å². The first-order valence-corrected chi connectivity index (χ1v) is 9.73. The molecule has 1 N–H and O–H groups in total. The number of ether oxygens (including phenoxy) is 1. The van der Waals surface area contributed by atoms with Crippen molar-refractivity contribution in [3.8, 4) is 0 Å². The molecule has 4 heteroatoms. The summed E-state index contributed by atoms with van der Waals surface area (Å²) in [4.78, 5) is 1.47. The zero-order valence-electron chi connectivity index (χ0n) is 12.4. The minimum Gasteiger partial charge on any atom is -0.374 e. The summed E-state index contributed by atoms with van der Waals surface area (Å²) in [5.74, 6) is 3.09. The van der Waals surface area contributed by atoms with Crippen molar-refractivity contribution >= 4 is 23.1 Å². The molecule has 0 amide bonds. The molecular formula is C16H25NOS2. The maximum atomic E-state index is 6.13. The van der Waals surface area contributed by atoms with E-state index < -0.39 is 0 Å². The van der Waals surface area contributed by atoms with Gasteiger partial charge in [0.1, 0.15) is 0 Å². The lowest BCUT2D eigenvalue weighted by molar-refractivity contribution is -0.0719. The van der Waals surface area contributed by atoms with Gasteiger partial charge in [-0.3, -0.25) is 0 Å². The Morgan fingerprint density at radius 1 is 1.45 bits per heavy atom. The summed E-state index contributed by atoms with van der Waals surface area (Å²) < 4.78 is 6.13. The monoisotopic (exact) mass is 311 g/mol. The third-order valence-electron chi connectivity index (χ3n) is 4.49. The van der Waals surface area contributed by atoms with Crippen LogP contribution in [0, 0.1) is 5.92 Å². The van der Waals surface area contributed by atoms with Crippen molar-refractivity contribution < 1.29 is 4.74 Å². The number of thioether (sulfide) groups is 1. The summed E-state index contributed by atoms with van der Waals surface area (Å²) >= 11 is 3.93. The Bertz CT molecular complexity index is 412. The molecule has 1 aromatic heterocycles. The number of hydrogen-bond acceptors (Lipinski definition) is 4. The first-order valence-electron chi connectivity index (χ1n) is 7.70. The van der Waals surface area contributed by atoms with Crippen LogP contribution in [0.1, 0.15) is 44.0 Å². The fourth-order valence-electron chi connectivity index (χ4n) is 3.36. The minimum absolute atomic E-state index is 0.178. The predicted octanol–water partition coefficient (Wildman–Crippen LogP) is 4.09. The van der Waals surface area contributed by atoms with E-state index in [1.165, 1.54) is 29.2 Å². The van der Waals surface area contributed by atoms with Gasteiger partial charge in [-0.25, -0.2) is 0 Å². The van der Waals surface area contributed by atoms with E-state index in [0.717, 1.165) is 13.0 Å². The maximum Gasteiger partial charge on any atom is 0.0795 e. The van der Waals surface area contributed by atoms with E-state index in [2.05, 4.69) is 48.4 Å². The van der Waals surface area contributed by atoms with Crippen molar-refractivity contribution in [2.75, 3.05) is 18.1 Å². The SMILES string of the molecule is CC(C)C(NC1CCOC2(CCSC2)C1)c1cccs1. The second-order valence-corrected chi connectivity index (χ2v) is 8.51. The first-order chi connectivity index (χ1) is 9.69. The van der Waals surface area contributed by atoms with E-state index in [1.807, 2.05) is 11.3 Å². The van der Waals surface area contributed by atoms with E-state index in [0.29, 0.717) is 18.0 Å². The molecule has 0 aromatic carbocycles. The van der Waals surface area contributed by atoms with Gasteiger partial charge in [0.25, 0.3) is 0 Å². The molecular weight excluding hydrogens is 286 g/mol. The van der Waals surface area contributed by atoms with E-state index >= 15 is 0 Å². The first kappa shape index (κ1) is 14.9. The molecule has 3 unspecified atom stereocenters. The number of nitrogens with one attached hydrogen (secondary N) is 1. The largest absolute Gasteiger partial charge is 0.374 e. The summed E-state index contributed by atoms with van der Waals surface area (Å²) in [6.07, 6.45) is 3.58. The summed E-state index contributed by atoms with van der Waals surface area (Å²) in [5.41, 5.74) is 0.178. The van der Waals surface area contributed by atoms with Gasteiger partial charge in [0.05, 0.1) is 5.60 Å². The number of thiophene rings is 1. The smallest absolute Gasteiger partial charge is 0.0795 e. The molecule has 2 aliphatic rings. The van der Waals surface area contributed by atoms with Crippen LogP contribution in [0.25, 0.3) is 0 Å². The Morgan fingerprint density at radius 3 is 3.00 bits per heavy atom. The molecule has 2 fully saturated rings. The molecule has 0 aliphatic carbocycles. The molecule has 2 aliphatic heterocycles. The van der Waals surface area contributed by atoms with Crippen LogP contribution >= 0.6 is 23.1 Å². The number of rotatable bonds is 4. The van der Waals surface area contributed by atoms with Crippen LogP contribution in [0.4, 0.5) is 0 Å². The molecule has 0 bridgehead atoms. The lowest BCUT2D eigenvalue weighted by Gasteiger charge is -2.40. The van der Waals surface area contributed by atoms with Crippen LogP contribution in [-0.2, 0) is 4.74 Å². The Labute approximate surface area is 130 Å². The molecule has 3 rings (SSSR count). The molecule has 3 atom stereocenters. The van der Waals surface area contributed by atoms with Crippen molar-refractivity contribution in [3.05, 3.63) is 22.4 Å². The van der Waals surface area contributed by atoms with Crippen LogP contribution in [0.3, 0.4) is 0 Å². The van der Waals surface area contributed by atoms with E-state index in [1.54, 1.807) is 0 Å². The number of hydrogen-bond donors (Lipinski definition) is 1. The van der Waals surface area contributed by atoms with Crippen LogP contribution in [0.15, 0.2) is 17.5 Å². The van der Waals surface area contributed by atoms with Gasteiger partial charge in [-0.05, 0) is 42.4 Å². The lowest BCUT2D eigenvalue weighted by atomic mass is 9.88. The van der Waals surface area contributed by atoms with Gasteiger partial charge >= 0.3 is 0 Å². The molecule has 2 nitrogen and oxygen atoms in total. The van der Waals surface area contributed by atoms with Gasteiger partial charge in [0.15, 0.2) is 0 Å². The summed E-state index contributed by atoms with van der Waals surface area (Å²) in [5, 5.41) is 6.12. The van der Waals surface area contributed by atoms with Crippen molar-refractivity contribution in [1.29, 1.82) is 0 Å². The Hall–Kier alpha value is -0.0300. The quantitative estimate of drug-likeness (QED) is 0.905. The highest BCUT2D eigenvalue weighted by atomic mass is 32.2. The van der Waals surface area contributed by atoms with Crippen LogP contribution in [0.5, 0.6) is 0 Å². The highest BCUT2D eigenvalue weighted by Crippen LogP contribution is 2.39. The molecule has 2 saturated heterocycles. The fourth-order valence-corrected chi connectivity index (χ4v) is 5.70. The van der Waals surface area contributed by atoms with Crippen LogP contribution < -0.4 is 5.32 Å². The van der Waals surface area contributed by atoms with Gasteiger partial charge in [0.2, 0.25) is 0 Å². The topological polar surface area (TPSA) is 21.3 Å². The van der Waals surface area contributed by atoms with Crippen molar-refractivity contribution in [3.63, 3.8) is 0 Å². The predicted molar refractivity (Wildman–Crippen MR) is 88.7 cm³/mol. The Kier molecular flexibility index (Phi) is 4.75. The van der Waals surface area contributed by atoms with Crippen molar-refractivity contribution in [1.82, 2.24) is 5.32 Å². The summed E-state index contributed by atoms with van der Waals surface area (Å²) in [6, 6.07) is 5.53. The Morgan fingerprint density at radius 2 is 2.35 bits per heavy atom. The third kappa shape index (κ3) is 3.24. The van der Waals surface area contributed by atoms with Gasteiger partial charge in [-0.1, -0.05) is 19.9 Å². The molecule has 1 aromatic rings. The highest BCUT2D eigenvalue weighted by molar-refractivity contribution is 7.99. The van der Waals surface area contributed by atoms with Crippen LogP contribution in [-0.4, -0.2) is 29.8 Å². The third-order valence-corrected chi connectivity index (χ3v) is 6.67. The zero-order valence-corrected chi connectivity index (χ0v) is 14.1. The Balaban J connectivity index is 1.66. The van der Waals surface area contributed by atoms with E-state index in [-0.39, 0.29) is 5.60 Å². The van der Waals surface area contributed by atoms with Gasteiger partial charge < -0.3 is 10.1 Å². The maximum absolute atomic E-state index is 6.13. The second kappa shape index (κ2) is 6.39. The van der Waals surface area contributed by atoms with Gasteiger partial charge in [-0.15, -0.1) is 11.3 Å². The molecule has 0 saturated carbocycles. The van der Waals surface area contributed by atoms with Crippen molar-refractivity contribution in [2.45, 2.75) is 50.8 Å². The highest BCUT2D eigenvalue weighted by Gasteiger charge is 2.41. The van der Waals surface area contributed by atoms with Gasteiger partial charge in [0, 0.05) is 29.3 Å². The van der Waals surface area contributed by atoms with Gasteiger partial charge in [-0.2, -0.15) is 11.8 Å². The molecule has 112 valence electrons. The fraction of sp³-hybridized carbons (Fsp3) is 0.750. The normalized spacial score (nSPS) is 32.0. The lowest BCUT2D eigenvalue weighted by Crippen LogP contribution is -2.48. The summed E-state index contributed by atoms with van der Waals surface area (Å²) in [7, 11) is 0. The van der Waals surface area contributed by atoms with E-state index in [9.17, 15) is 0 Å². The minimum atomic E-state index is 0.178. The molecule has 20 heavy (non-hydrogen) atoms. The average molecular weight is 312 g/mol.